The maximum Gasteiger partial charge on any atom is 0.262 e. The van der Waals surface area contributed by atoms with E-state index in [2.05, 4.69) is 5.32 Å². The quantitative estimate of drug-likeness (QED) is 0.825. The van der Waals surface area contributed by atoms with Crippen LogP contribution in [0.1, 0.15) is 0 Å². The molecule has 0 saturated carbocycles. The third-order valence-corrected chi connectivity index (χ3v) is 3.59. The predicted molar refractivity (Wildman–Crippen MR) is 90.1 cm³/mol. The molecule has 0 unspecified atom stereocenters. The molecule has 128 valence electrons. The summed E-state index contributed by atoms with van der Waals surface area (Å²) in [6, 6.07) is 6.88. The number of halogens is 3. The highest BCUT2D eigenvalue weighted by Crippen LogP contribution is 2.35. The van der Waals surface area contributed by atoms with E-state index in [1.54, 1.807) is 0 Å². The molecule has 2 aromatic rings. The van der Waals surface area contributed by atoms with E-state index < -0.39 is 11.7 Å². The average Bonchev–Trinajstić information content (AvgIpc) is 2.57. The molecule has 0 aromatic heterocycles. The Labute approximate surface area is 148 Å². The Balaban J connectivity index is 2.05. The molecule has 0 radical (unpaired) electrons. The molecule has 1 amide bonds. The SMILES string of the molecule is COc1cc(NC(=O)COc2ccc(F)c(Cl)c2)c(OC)cc1Cl. The number of ether oxygens (including phenoxy) is 3. The van der Waals surface area contributed by atoms with Crippen molar-refractivity contribution in [3.63, 3.8) is 0 Å². The highest BCUT2D eigenvalue weighted by Gasteiger charge is 2.13. The van der Waals surface area contributed by atoms with Crippen LogP contribution in [0.3, 0.4) is 0 Å². The largest absolute Gasteiger partial charge is 0.495 e. The second-order valence-corrected chi connectivity index (χ2v) is 5.41. The maximum atomic E-state index is 13.1. The van der Waals surface area contributed by atoms with Crippen LogP contribution < -0.4 is 19.5 Å². The molecule has 1 N–H and O–H groups in total. The van der Waals surface area contributed by atoms with E-state index in [4.69, 9.17) is 37.4 Å². The van der Waals surface area contributed by atoms with Gasteiger partial charge in [-0.05, 0) is 12.1 Å². The van der Waals surface area contributed by atoms with Gasteiger partial charge in [0.1, 0.15) is 23.1 Å². The lowest BCUT2D eigenvalue weighted by Crippen LogP contribution is -2.20. The van der Waals surface area contributed by atoms with E-state index in [0.717, 1.165) is 6.07 Å². The first-order valence-electron chi connectivity index (χ1n) is 6.73. The Morgan fingerprint density at radius 3 is 2.42 bits per heavy atom. The van der Waals surface area contributed by atoms with Crippen molar-refractivity contribution in [2.75, 3.05) is 26.1 Å². The molecule has 0 atom stereocenters. The number of methoxy groups -OCH3 is 2. The van der Waals surface area contributed by atoms with Gasteiger partial charge >= 0.3 is 0 Å². The molecule has 0 saturated heterocycles. The zero-order chi connectivity index (χ0) is 17.7. The van der Waals surface area contributed by atoms with Crippen molar-refractivity contribution in [3.8, 4) is 17.2 Å². The van der Waals surface area contributed by atoms with Crippen LogP contribution >= 0.6 is 23.2 Å². The third kappa shape index (κ3) is 4.43. The second kappa shape index (κ2) is 8.08. The minimum Gasteiger partial charge on any atom is -0.495 e. The summed E-state index contributed by atoms with van der Waals surface area (Å²) in [7, 11) is 2.91. The van der Waals surface area contributed by atoms with Crippen molar-refractivity contribution in [3.05, 3.63) is 46.2 Å². The number of carbonyl (C=O) groups excluding carboxylic acids is 1. The van der Waals surface area contributed by atoms with Crippen LogP contribution in [-0.4, -0.2) is 26.7 Å². The highest BCUT2D eigenvalue weighted by atomic mass is 35.5. The van der Waals surface area contributed by atoms with E-state index >= 15 is 0 Å². The topological polar surface area (TPSA) is 56.8 Å². The summed E-state index contributed by atoms with van der Waals surface area (Å²) in [5.41, 5.74) is 0.379. The van der Waals surface area contributed by atoms with E-state index in [1.807, 2.05) is 0 Å². The number of nitrogens with one attached hydrogen (secondary N) is 1. The number of carbonyl (C=O) groups is 1. The van der Waals surface area contributed by atoms with Crippen LogP contribution in [-0.2, 0) is 4.79 Å². The van der Waals surface area contributed by atoms with Gasteiger partial charge in [0, 0.05) is 18.2 Å². The van der Waals surface area contributed by atoms with Gasteiger partial charge in [0.2, 0.25) is 0 Å². The first-order chi connectivity index (χ1) is 11.4. The van der Waals surface area contributed by atoms with Crippen molar-refractivity contribution in [1.82, 2.24) is 0 Å². The first-order valence-corrected chi connectivity index (χ1v) is 7.49. The molecular formula is C16H14Cl2FNO4. The van der Waals surface area contributed by atoms with E-state index in [-0.39, 0.29) is 17.4 Å². The molecular weight excluding hydrogens is 360 g/mol. The molecule has 0 aliphatic rings. The van der Waals surface area contributed by atoms with E-state index in [1.165, 1.54) is 38.5 Å². The third-order valence-electron chi connectivity index (χ3n) is 3.01. The van der Waals surface area contributed by atoms with E-state index in [0.29, 0.717) is 22.2 Å². The average molecular weight is 374 g/mol. The number of hydrogen-bond acceptors (Lipinski definition) is 4. The Morgan fingerprint density at radius 1 is 1.08 bits per heavy atom. The monoisotopic (exact) mass is 373 g/mol. The molecule has 2 rings (SSSR count). The van der Waals surface area contributed by atoms with Gasteiger partial charge in [0.25, 0.3) is 5.91 Å². The number of rotatable bonds is 6. The molecule has 0 spiro atoms. The summed E-state index contributed by atoms with van der Waals surface area (Å²) in [5.74, 6) is 0.0276. The van der Waals surface area contributed by atoms with Gasteiger partial charge in [-0.2, -0.15) is 0 Å². The van der Waals surface area contributed by atoms with Crippen molar-refractivity contribution in [1.29, 1.82) is 0 Å². The summed E-state index contributed by atoms with van der Waals surface area (Å²) in [5, 5.41) is 2.89. The molecule has 0 aliphatic carbocycles. The van der Waals surface area contributed by atoms with Crippen molar-refractivity contribution < 1.29 is 23.4 Å². The number of amides is 1. The summed E-state index contributed by atoms with van der Waals surface area (Å²) >= 11 is 11.6. The van der Waals surface area contributed by atoms with Crippen molar-refractivity contribution in [2.24, 2.45) is 0 Å². The van der Waals surface area contributed by atoms with Gasteiger partial charge in [-0.25, -0.2) is 4.39 Å². The van der Waals surface area contributed by atoms with Crippen LogP contribution in [0.4, 0.5) is 10.1 Å². The zero-order valence-electron chi connectivity index (χ0n) is 12.9. The smallest absolute Gasteiger partial charge is 0.262 e. The number of anilines is 1. The lowest BCUT2D eigenvalue weighted by molar-refractivity contribution is -0.118. The van der Waals surface area contributed by atoms with Gasteiger partial charge in [0.05, 0.1) is 30.0 Å². The van der Waals surface area contributed by atoms with Gasteiger partial charge in [0.15, 0.2) is 6.61 Å². The standard InChI is InChI=1S/C16H14Cl2FNO4/c1-22-14-7-13(15(23-2)6-11(14)18)20-16(21)8-24-9-3-4-12(19)10(17)5-9/h3-7H,8H2,1-2H3,(H,20,21). The fourth-order valence-electron chi connectivity index (χ4n) is 1.86. The van der Waals surface area contributed by atoms with Gasteiger partial charge < -0.3 is 19.5 Å². The molecule has 2 aromatic carbocycles. The van der Waals surface area contributed by atoms with E-state index in [9.17, 15) is 9.18 Å². The molecule has 5 nitrogen and oxygen atoms in total. The normalized spacial score (nSPS) is 10.2. The predicted octanol–water partition coefficient (Wildman–Crippen LogP) is 4.17. The fourth-order valence-corrected chi connectivity index (χ4v) is 2.26. The lowest BCUT2D eigenvalue weighted by atomic mass is 10.2. The van der Waals surface area contributed by atoms with Crippen molar-refractivity contribution >= 4 is 34.8 Å². The Bertz CT molecular complexity index is 755. The molecule has 24 heavy (non-hydrogen) atoms. The highest BCUT2D eigenvalue weighted by molar-refractivity contribution is 6.32. The minimum atomic E-state index is -0.563. The maximum absolute atomic E-state index is 13.1. The summed E-state index contributed by atoms with van der Waals surface area (Å²) in [4.78, 5) is 12.0. The minimum absolute atomic E-state index is 0.0861. The van der Waals surface area contributed by atoms with Gasteiger partial charge in [-0.15, -0.1) is 0 Å². The molecule has 0 heterocycles. The summed E-state index contributed by atoms with van der Waals surface area (Å²) < 4.78 is 28.6. The van der Waals surface area contributed by atoms with Crippen LogP contribution in [0, 0.1) is 5.82 Å². The second-order valence-electron chi connectivity index (χ2n) is 4.60. The summed E-state index contributed by atoms with van der Waals surface area (Å²) in [6.07, 6.45) is 0. The Morgan fingerprint density at radius 2 is 1.79 bits per heavy atom. The number of benzene rings is 2. The first kappa shape index (κ1) is 18.2. The van der Waals surface area contributed by atoms with Crippen molar-refractivity contribution in [2.45, 2.75) is 0 Å². The van der Waals surface area contributed by atoms with Crippen LogP contribution in [0.25, 0.3) is 0 Å². The fraction of sp³-hybridized carbons (Fsp3) is 0.188. The molecule has 8 heteroatoms. The number of hydrogen-bond donors (Lipinski definition) is 1. The molecule has 0 fully saturated rings. The van der Waals surface area contributed by atoms with Gasteiger partial charge in [-0.1, -0.05) is 23.2 Å². The summed E-state index contributed by atoms with van der Waals surface area (Å²) in [6.45, 7) is -0.296. The van der Waals surface area contributed by atoms with Crippen LogP contribution in [0.15, 0.2) is 30.3 Å². The Kier molecular flexibility index (Phi) is 6.11. The van der Waals surface area contributed by atoms with Crippen LogP contribution in [0.2, 0.25) is 10.0 Å². The van der Waals surface area contributed by atoms with Crippen LogP contribution in [0.5, 0.6) is 17.2 Å². The lowest BCUT2D eigenvalue weighted by Gasteiger charge is -2.13. The molecule has 0 bridgehead atoms. The zero-order valence-corrected chi connectivity index (χ0v) is 14.4. The Hall–Kier alpha value is -2.18. The van der Waals surface area contributed by atoms with Gasteiger partial charge in [-0.3, -0.25) is 4.79 Å². The molecule has 0 aliphatic heterocycles.